The Kier molecular flexibility index (Phi) is 13.8. The molecule has 3 aromatic carbocycles. The highest BCUT2D eigenvalue weighted by molar-refractivity contribution is 6.24. The first-order valence-electron chi connectivity index (χ1n) is 22.4. The number of unbranched alkanes of at least 4 members (excludes halogenated alkanes) is 3. The first kappa shape index (κ1) is 45.4. The number of carbonyl (C=O) groups excluding carboxylic acids is 6. The van der Waals surface area contributed by atoms with E-state index in [0.29, 0.717) is 32.4 Å². The molecule has 1 saturated heterocycles. The lowest BCUT2D eigenvalue weighted by molar-refractivity contribution is -0.401. The fraction of sp³-hybridized carbons (Fsp3) is 0.392. The van der Waals surface area contributed by atoms with Gasteiger partial charge in [0.05, 0.1) is 16.5 Å². The van der Waals surface area contributed by atoms with Crippen LogP contribution in [0.15, 0.2) is 103 Å². The third kappa shape index (κ3) is 9.34. The van der Waals surface area contributed by atoms with Crippen molar-refractivity contribution in [1.82, 2.24) is 20.9 Å². The first-order chi connectivity index (χ1) is 30.7. The minimum absolute atomic E-state index is 0.0117. The number of hydrogen-bond donors (Lipinski definition) is 3. The molecule has 3 N–H and O–H groups in total. The largest absolute Gasteiger partial charge is 0.483 e. The number of piperidine rings is 1. The van der Waals surface area contributed by atoms with Crippen LogP contribution < -0.4 is 25.6 Å². The van der Waals surface area contributed by atoms with Crippen LogP contribution in [0.3, 0.4) is 0 Å². The average Bonchev–Trinajstić information content (AvgIpc) is 3.74. The Balaban J connectivity index is 0.799. The molecule has 4 aliphatic rings. The lowest BCUT2D eigenvalue weighted by atomic mass is 9.81. The molecule has 13 nitrogen and oxygen atoms in total. The van der Waals surface area contributed by atoms with Gasteiger partial charge in [0, 0.05) is 67.0 Å². The summed E-state index contributed by atoms with van der Waals surface area (Å²) in [5, 5.41) is 7.94. The van der Waals surface area contributed by atoms with Gasteiger partial charge in [-0.25, -0.2) is 0 Å². The zero-order valence-corrected chi connectivity index (χ0v) is 37.5. The second-order valence-electron chi connectivity index (χ2n) is 17.8. The van der Waals surface area contributed by atoms with E-state index >= 15 is 0 Å². The molecule has 0 spiro atoms. The van der Waals surface area contributed by atoms with Crippen molar-refractivity contribution in [2.24, 2.45) is 0 Å². The molecular formula is C51H59N6O7+. The van der Waals surface area contributed by atoms with Crippen LogP contribution >= 0.6 is 0 Å². The Hall–Kier alpha value is -6.63. The van der Waals surface area contributed by atoms with Gasteiger partial charge in [-0.05, 0) is 75.8 Å². The minimum Gasteiger partial charge on any atom is -0.483 e. The second kappa shape index (κ2) is 19.4. The van der Waals surface area contributed by atoms with Gasteiger partial charge in [0.1, 0.15) is 18.8 Å². The van der Waals surface area contributed by atoms with Gasteiger partial charge in [-0.15, -0.1) is 0 Å². The molecule has 0 saturated carbocycles. The lowest BCUT2D eigenvalue weighted by Crippen LogP contribution is -2.54. The maximum Gasteiger partial charge on any atom is 0.266 e. The summed E-state index contributed by atoms with van der Waals surface area (Å²) in [4.78, 5) is 78.8. The van der Waals surface area contributed by atoms with E-state index in [9.17, 15) is 28.8 Å². The molecule has 1 unspecified atom stereocenters. The number of hydrogen-bond acceptors (Lipinski definition) is 8. The Morgan fingerprint density at radius 2 is 1.52 bits per heavy atom. The van der Waals surface area contributed by atoms with Gasteiger partial charge in [0.25, 0.3) is 17.7 Å². The summed E-state index contributed by atoms with van der Waals surface area (Å²) < 4.78 is 7.93. The molecule has 4 heterocycles. The molecule has 6 amide bonds. The normalized spacial score (nSPS) is 19.1. The van der Waals surface area contributed by atoms with Gasteiger partial charge in [-0.1, -0.05) is 81.0 Å². The van der Waals surface area contributed by atoms with E-state index in [1.807, 2.05) is 0 Å². The molecule has 1 fully saturated rings. The van der Waals surface area contributed by atoms with Crippen LogP contribution in [0.5, 0.6) is 5.75 Å². The van der Waals surface area contributed by atoms with Crippen molar-refractivity contribution in [3.05, 3.63) is 125 Å². The summed E-state index contributed by atoms with van der Waals surface area (Å²) in [5.74, 6) is -2.85. The maximum atomic E-state index is 13.3. The van der Waals surface area contributed by atoms with Gasteiger partial charge < -0.3 is 20.3 Å². The van der Waals surface area contributed by atoms with Crippen molar-refractivity contribution in [2.75, 3.05) is 38.2 Å². The highest BCUT2D eigenvalue weighted by atomic mass is 16.5. The fourth-order valence-corrected chi connectivity index (χ4v) is 9.37. The number of benzene rings is 3. The van der Waals surface area contributed by atoms with E-state index in [0.717, 1.165) is 30.7 Å². The SMILES string of the molecule is C[N+]1=C(/C=C/C=C/C=C2\N(CCCCCC(=O)NCCCCNC(=O)COc3cccc4c3C(=O)N(C3CCC(=O)NC3=O)C4=O)c3ccccc3C2(C)C)C(C)(C)c2ccccc21. The predicted molar refractivity (Wildman–Crippen MR) is 246 cm³/mol. The molecule has 0 aromatic heterocycles. The zero-order valence-electron chi connectivity index (χ0n) is 37.5. The van der Waals surface area contributed by atoms with Crippen LogP contribution in [0.25, 0.3) is 0 Å². The third-order valence-corrected chi connectivity index (χ3v) is 12.8. The molecule has 4 aliphatic heterocycles. The predicted octanol–water partition coefficient (Wildman–Crippen LogP) is 6.54. The Labute approximate surface area is 375 Å². The zero-order chi connectivity index (χ0) is 45.6. The highest BCUT2D eigenvalue weighted by Gasteiger charge is 2.46. The van der Waals surface area contributed by atoms with Crippen molar-refractivity contribution in [3.8, 4) is 5.75 Å². The Morgan fingerprint density at radius 3 is 2.27 bits per heavy atom. The Bertz CT molecular complexity index is 2480. The first-order valence-corrected chi connectivity index (χ1v) is 22.4. The molecule has 0 radical (unpaired) electrons. The number of ether oxygens (including phenoxy) is 1. The monoisotopic (exact) mass is 867 g/mol. The van der Waals surface area contributed by atoms with E-state index in [1.54, 1.807) is 0 Å². The molecule has 334 valence electrons. The molecule has 1 atom stereocenters. The maximum absolute atomic E-state index is 13.3. The van der Waals surface area contributed by atoms with Crippen molar-refractivity contribution < 1.29 is 38.1 Å². The number of anilines is 1. The number of allylic oxidation sites excluding steroid dienone is 6. The summed E-state index contributed by atoms with van der Waals surface area (Å²) in [7, 11) is 2.13. The van der Waals surface area contributed by atoms with E-state index in [4.69, 9.17) is 4.74 Å². The summed E-state index contributed by atoms with van der Waals surface area (Å²) in [6.45, 7) is 10.5. The fourth-order valence-electron chi connectivity index (χ4n) is 9.37. The molecule has 0 bridgehead atoms. The van der Waals surface area contributed by atoms with Gasteiger partial charge >= 0.3 is 0 Å². The number of fused-ring (bicyclic) bond motifs is 3. The number of carbonyl (C=O) groups is 6. The Morgan fingerprint density at radius 1 is 0.797 bits per heavy atom. The van der Waals surface area contributed by atoms with Crippen LogP contribution in [0, 0.1) is 0 Å². The van der Waals surface area contributed by atoms with Crippen LogP contribution in [-0.2, 0) is 30.0 Å². The van der Waals surface area contributed by atoms with Crippen LogP contribution in [0.4, 0.5) is 11.4 Å². The van der Waals surface area contributed by atoms with Crippen LogP contribution in [0.2, 0.25) is 0 Å². The van der Waals surface area contributed by atoms with E-state index in [2.05, 4.69) is 139 Å². The van der Waals surface area contributed by atoms with Gasteiger partial charge in [-0.2, -0.15) is 4.58 Å². The summed E-state index contributed by atoms with van der Waals surface area (Å²) in [6.07, 6.45) is 15.3. The molecule has 13 heteroatoms. The van der Waals surface area contributed by atoms with Crippen molar-refractivity contribution in [1.29, 1.82) is 0 Å². The van der Waals surface area contributed by atoms with Crippen molar-refractivity contribution in [2.45, 2.75) is 95.9 Å². The van der Waals surface area contributed by atoms with E-state index in [-0.39, 0.29) is 53.1 Å². The van der Waals surface area contributed by atoms with Gasteiger partial charge in [-0.3, -0.25) is 39.0 Å². The van der Waals surface area contributed by atoms with Crippen LogP contribution in [0.1, 0.15) is 111 Å². The third-order valence-electron chi connectivity index (χ3n) is 12.8. The number of imide groups is 2. The molecule has 3 aromatic rings. The molecular weight excluding hydrogens is 809 g/mol. The smallest absolute Gasteiger partial charge is 0.266 e. The quantitative estimate of drug-likeness (QED) is 0.0564. The summed E-state index contributed by atoms with van der Waals surface area (Å²) >= 11 is 0. The minimum atomic E-state index is -1.10. The number of para-hydroxylation sites is 2. The standard InChI is InChI=1S/C51H58N6O7/c1-50(2)35-20-11-13-22-37(35)55(5)41(50)25-8-6-9-26-42-51(3,4)36-21-12-14-23-38(36)56(42)32-17-7-10-27-43(58)52-30-15-16-31-53-45(60)33-64-40-24-18-19-34-46(40)49(63)57(48(34)62)39-28-29-44(59)54-47(39)61/h6,8-9,11-14,18-26,39H,7,10,15-17,27-33H2,1-5H3,(H2-,52,53,54,58,59,60,61)/p+1. The van der Waals surface area contributed by atoms with Crippen molar-refractivity contribution >= 4 is 52.5 Å². The molecule has 0 aliphatic carbocycles. The van der Waals surface area contributed by atoms with Gasteiger partial charge in [0.2, 0.25) is 23.4 Å². The van der Waals surface area contributed by atoms with Crippen molar-refractivity contribution in [3.63, 3.8) is 0 Å². The number of nitrogens with one attached hydrogen (secondary N) is 3. The highest BCUT2D eigenvalue weighted by Crippen LogP contribution is 2.48. The number of nitrogens with zero attached hydrogens (tertiary/aromatic N) is 3. The molecule has 7 rings (SSSR count). The topological polar surface area (TPSA) is 157 Å². The average molecular weight is 868 g/mol. The summed E-state index contributed by atoms with van der Waals surface area (Å²) in [5.41, 5.74) is 7.50. The van der Waals surface area contributed by atoms with E-state index in [1.165, 1.54) is 52.1 Å². The molecule has 64 heavy (non-hydrogen) atoms. The second-order valence-corrected chi connectivity index (χ2v) is 17.8. The van der Waals surface area contributed by atoms with Crippen LogP contribution in [-0.4, -0.2) is 90.0 Å². The van der Waals surface area contributed by atoms with E-state index < -0.39 is 35.6 Å². The summed E-state index contributed by atoms with van der Waals surface area (Å²) in [6, 6.07) is 20.6. The number of rotatable bonds is 18. The van der Waals surface area contributed by atoms with Gasteiger partial charge in [0.15, 0.2) is 12.3 Å². The lowest BCUT2D eigenvalue weighted by Gasteiger charge is -2.27. The number of amides is 6.